The number of hydrogen-bond donors (Lipinski definition) is 5. The highest BCUT2D eigenvalue weighted by atomic mass is 16.5. The van der Waals surface area contributed by atoms with Crippen molar-refractivity contribution in [2.24, 2.45) is 11.8 Å². The van der Waals surface area contributed by atoms with Crippen LogP contribution in [-0.4, -0.2) is 47.5 Å². The zero-order valence-electron chi connectivity index (χ0n) is 11.3. The van der Waals surface area contributed by atoms with E-state index in [1.54, 1.807) is 0 Å². The lowest BCUT2D eigenvalue weighted by atomic mass is 9.81. The van der Waals surface area contributed by atoms with Crippen molar-refractivity contribution in [3.8, 4) is 0 Å². The summed E-state index contributed by atoms with van der Waals surface area (Å²) in [5, 5.41) is 33.7. The molecule has 1 unspecified atom stereocenters. The lowest BCUT2D eigenvalue weighted by Crippen LogP contribution is -2.40. The van der Waals surface area contributed by atoms with Crippen LogP contribution < -0.4 is 10.6 Å². The number of aliphatic hydroxyl groups excluding tert-OH is 2. The van der Waals surface area contributed by atoms with E-state index in [0.717, 1.165) is 31.8 Å². The smallest absolute Gasteiger partial charge is 0.152 e. The third kappa shape index (κ3) is 6.11. The summed E-state index contributed by atoms with van der Waals surface area (Å²) in [6, 6.07) is 0. The molecule has 0 bridgehead atoms. The second-order valence-corrected chi connectivity index (χ2v) is 5.26. The molecule has 5 N–H and O–H groups in total. The van der Waals surface area contributed by atoms with Gasteiger partial charge in [0, 0.05) is 13.0 Å². The molecule has 1 rings (SSSR count). The molecule has 108 valence electrons. The van der Waals surface area contributed by atoms with Gasteiger partial charge in [0.15, 0.2) is 6.29 Å². The molecule has 0 aliphatic heterocycles. The van der Waals surface area contributed by atoms with Gasteiger partial charge in [-0.3, -0.25) is 5.32 Å². The van der Waals surface area contributed by atoms with Gasteiger partial charge >= 0.3 is 0 Å². The average Bonchev–Trinajstić information content (AvgIpc) is 2.36. The molecule has 0 aromatic carbocycles. The predicted octanol–water partition coefficient (Wildman–Crippen LogP) is 0.0111. The maximum Gasteiger partial charge on any atom is 0.152 e. The van der Waals surface area contributed by atoms with Crippen molar-refractivity contribution in [3.05, 3.63) is 0 Å². The Labute approximate surface area is 110 Å². The van der Waals surface area contributed by atoms with E-state index in [2.05, 4.69) is 17.6 Å². The van der Waals surface area contributed by atoms with Gasteiger partial charge in [0.2, 0.25) is 0 Å². The molecule has 1 fully saturated rings. The fraction of sp³-hybridized carbons (Fsp3) is 1.00. The van der Waals surface area contributed by atoms with E-state index in [9.17, 15) is 5.11 Å². The first-order valence-electron chi connectivity index (χ1n) is 7.11. The Balaban J connectivity index is 2.13. The molecule has 5 nitrogen and oxygen atoms in total. The van der Waals surface area contributed by atoms with Crippen LogP contribution in [0, 0.1) is 11.8 Å². The molecule has 0 aromatic heterocycles. The van der Waals surface area contributed by atoms with Crippen LogP contribution >= 0.6 is 0 Å². The molecule has 0 radical (unpaired) electrons. The van der Waals surface area contributed by atoms with Crippen LogP contribution in [0.25, 0.3) is 0 Å². The van der Waals surface area contributed by atoms with E-state index in [4.69, 9.17) is 10.2 Å². The van der Waals surface area contributed by atoms with E-state index in [1.807, 2.05) is 0 Å². The normalized spacial score (nSPS) is 26.5. The Bertz CT molecular complexity index is 206. The number of aliphatic hydroxyl groups is 3. The molecule has 18 heavy (non-hydrogen) atoms. The molecule has 5 heteroatoms. The fourth-order valence-electron chi connectivity index (χ4n) is 2.58. The summed E-state index contributed by atoms with van der Waals surface area (Å²) >= 11 is 0. The van der Waals surface area contributed by atoms with Crippen LogP contribution in [0.2, 0.25) is 0 Å². The largest absolute Gasteiger partial charge is 0.378 e. The molecule has 0 amide bonds. The Morgan fingerprint density at radius 2 is 1.78 bits per heavy atom. The first-order chi connectivity index (χ1) is 8.63. The topological polar surface area (TPSA) is 84.8 Å². The van der Waals surface area contributed by atoms with E-state index < -0.39 is 12.5 Å². The summed E-state index contributed by atoms with van der Waals surface area (Å²) in [5.74, 6) is 1.05. The first-order valence-corrected chi connectivity index (χ1v) is 7.11. The number of rotatable bonds is 8. The van der Waals surface area contributed by atoms with E-state index in [1.165, 1.54) is 12.8 Å². The van der Waals surface area contributed by atoms with Crippen molar-refractivity contribution in [3.63, 3.8) is 0 Å². The lowest BCUT2D eigenvalue weighted by Gasteiger charge is -2.32. The first kappa shape index (κ1) is 15.9. The van der Waals surface area contributed by atoms with Crippen molar-refractivity contribution in [2.75, 3.05) is 19.6 Å². The van der Waals surface area contributed by atoms with Gasteiger partial charge in [0.05, 0.1) is 0 Å². The monoisotopic (exact) mass is 260 g/mol. The van der Waals surface area contributed by atoms with Crippen molar-refractivity contribution < 1.29 is 15.3 Å². The van der Waals surface area contributed by atoms with Gasteiger partial charge in [0.25, 0.3) is 0 Å². The minimum Gasteiger partial charge on any atom is -0.378 e. The van der Waals surface area contributed by atoms with Crippen LogP contribution in [0.3, 0.4) is 0 Å². The highest BCUT2D eigenvalue weighted by Crippen LogP contribution is 2.29. The van der Waals surface area contributed by atoms with Gasteiger partial charge in [-0.05, 0) is 50.6 Å². The zero-order valence-corrected chi connectivity index (χ0v) is 11.3. The lowest BCUT2D eigenvalue weighted by molar-refractivity contribution is -0.0483. The van der Waals surface area contributed by atoms with Gasteiger partial charge < -0.3 is 20.6 Å². The van der Waals surface area contributed by atoms with Gasteiger partial charge in [-0.2, -0.15) is 0 Å². The molecule has 1 saturated carbocycles. The van der Waals surface area contributed by atoms with E-state index in [0.29, 0.717) is 12.5 Å². The quantitative estimate of drug-likeness (QED) is 0.397. The maximum absolute atomic E-state index is 9.96. The van der Waals surface area contributed by atoms with Gasteiger partial charge in [-0.25, -0.2) is 0 Å². The number of nitrogens with one attached hydrogen (secondary N) is 2. The van der Waals surface area contributed by atoms with Gasteiger partial charge in [-0.1, -0.05) is 6.92 Å². The van der Waals surface area contributed by atoms with Crippen LogP contribution in [0.4, 0.5) is 0 Å². The fourth-order valence-corrected chi connectivity index (χ4v) is 2.58. The van der Waals surface area contributed by atoms with Crippen molar-refractivity contribution in [1.29, 1.82) is 0 Å². The molecule has 0 spiro atoms. The summed E-state index contributed by atoms with van der Waals surface area (Å²) in [7, 11) is 0. The van der Waals surface area contributed by atoms with Crippen molar-refractivity contribution in [1.82, 2.24) is 10.6 Å². The third-order valence-electron chi connectivity index (χ3n) is 3.78. The third-order valence-corrected chi connectivity index (χ3v) is 3.78. The van der Waals surface area contributed by atoms with Gasteiger partial charge in [-0.15, -0.1) is 0 Å². The zero-order chi connectivity index (χ0) is 13.4. The Hall–Kier alpha value is -0.200. The summed E-state index contributed by atoms with van der Waals surface area (Å²) in [4.78, 5) is 0. The average molecular weight is 260 g/mol. The van der Waals surface area contributed by atoms with Crippen molar-refractivity contribution in [2.45, 2.75) is 51.5 Å². The molecule has 1 aliphatic rings. The van der Waals surface area contributed by atoms with Crippen LogP contribution in [0.1, 0.15) is 39.0 Å². The summed E-state index contributed by atoms with van der Waals surface area (Å²) < 4.78 is 0. The Morgan fingerprint density at radius 3 is 2.33 bits per heavy atom. The maximum atomic E-state index is 9.96. The second-order valence-electron chi connectivity index (χ2n) is 5.26. The van der Waals surface area contributed by atoms with E-state index >= 15 is 0 Å². The van der Waals surface area contributed by atoms with Gasteiger partial charge in [0.1, 0.15) is 6.23 Å². The Morgan fingerprint density at radius 1 is 1.11 bits per heavy atom. The molecule has 0 aromatic rings. The standard InChI is InChI=1S/C13H28N2O3/c1-2-14-9-10-3-5-11(6-4-10)13(18)15-8-7-12(16)17/h10-18H,2-9H2,1H3. The summed E-state index contributed by atoms with van der Waals surface area (Å²) in [6.45, 7) is 4.67. The molecule has 1 aliphatic carbocycles. The van der Waals surface area contributed by atoms with Crippen LogP contribution in [0.5, 0.6) is 0 Å². The van der Waals surface area contributed by atoms with E-state index in [-0.39, 0.29) is 6.42 Å². The van der Waals surface area contributed by atoms with Crippen LogP contribution in [-0.2, 0) is 0 Å². The van der Waals surface area contributed by atoms with Crippen molar-refractivity contribution >= 4 is 0 Å². The Kier molecular flexibility index (Phi) is 7.77. The highest BCUT2D eigenvalue weighted by Gasteiger charge is 2.25. The SMILES string of the molecule is CCNCC1CCC(C(O)NCCC(O)O)CC1. The van der Waals surface area contributed by atoms with Crippen LogP contribution in [0.15, 0.2) is 0 Å². The number of hydrogen-bond acceptors (Lipinski definition) is 5. The summed E-state index contributed by atoms with van der Waals surface area (Å²) in [6.07, 6.45) is 2.88. The summed E-state index contributed by atoms with van der Waals surface area (Å²) in [5.41, 5.74) is 0. The molecular weight excluding hydrogens is 232 g/mol. The molecule has 0 heterocycles. The predicted molar refractivity (Wildman–Crippen MR) is 70.8 cm³/mol. The molecule has 0 saturated heterocycles. The molecule has 1 atom stereocenters. The minimum atomic E-state index is -1.29. The minimum absolute atomic E-state index is 0.257. The highest BCUT2D eigenvalue weighted by molar-refractivity contribution is 4.77. The second kappa shape index (κ2) is 8.82. The molecular formula is C13H28N2O3.